The van der Waals surface area contributed by atoms with Gasteiger partial charge in [0.15, 0.2) is 0 Å². The van der Waals surface area contributed by atoms with Gasteiger partial charge in [-0.15, -0.1) is 0 Å². The molecule has 7 heteroatoms. The van der Waals surface area contributed by atoms with Crippen molar-refractivity contribution in [2.75, 3.05) is 19.7 Å². The molecule has 0 spiro atoms. The Balaban J connectivity index is 4.30. The number of amides is 2. The quantitative estimate of drug-likeness (QED) is 0.542. The summed E-state index contributed by atoms with van der Waals surface area (Å²) in [6, 6.07) is -0.471. The van der Waals surface area contributed by atoms with Crippen LogP contribution in [0.1, 0.15) is 34.6 Å². The molecule has 1 N–H and O–H groups in total. The van der Waals surface area contributed by atoms with E-state index in [2.05, 4.69) is 5.32 Å². The number of carbonyl (C=O) groups is 3. The highest BCUT2D eigenvalue weighted by Crippen LogP contribution is 2.01. The van der Waals surface area contributed by atoms with Crippen molar-refractivity contribution >= 4 is 18.0 Å². The van der Waals surface area contributed by atoms with E-state index in [0.717, 1.165) is 12.2 Å². The van der Waals surface area contributed by atoms with Crippen LogP contribution in [0.5, 0.6) is 0 Å². The number of hydrogen-bond acceptors (Lipinski definition) is 5. The molecule has 0 rings (SSSR count). The molecule has 0 saturated carbocycles. The minimum atomic E-state index is -0.653. The van der Waals surface area contributed by atoms with Gasteiger partial charge >= 0.3 is 18.0 Å². The largest absolute Gasteiger partial charge is 0.460 e. The third-order valence-corrected chi connectivity index (χ3v) is 2.64. The highest BCUT2D eigenvalue weighted by Gasteiger charge is 2.18. The van der Waals surface area contributed by atoms with Gasteiger partial charge in [-0.05, 0) is 34.6 Å². The third-order valence-electron chi connectivity index (χ3n) is 2.64. The summed E-state index contributed by atoms with van der Waals surface area (Å²) >= 11 is 0. The van der Waals surface area contributed by atoms with Gasteiger partial charge < -0.3 is 19.7 Å². The van der Waals surface area contributed by atoms with Crippen LogP contribution >= 0.6 is 0 Å². The Labute approximate surface area is 131 Å². The van der Waals surface area contributed by atoms with E-state index in [9.17, 15) is 14.4 Å². The topological polar surface area (TPSA) is 84.9 Å². The van der Waals surface area contributed by atoms with Crippen molar-refractivity contribution in [3.05, 3.63) is 12.2 Å². The Morgan fingerprint density at radius 2 is 1.68 bits per heavy atom. The second-order valence-electron chi connectivity index (χ2n) is 4.92. The normalized spacial score (nSPS) is 12.1. The molecular formula is C15H26N2O5. The van der Waals surface area contributed by atoms with Gasteiger partial charge in [-0.3, -0.25) is 0 Å². The van der Waals surface area contributed by atoms with Crippen LogP contribution in [0.15, 0.2) is 12.2 Å². The molecule has 0 heterocycles. The lowest BCUT2D eigenvalue weighted by Crippen LogP contribution is -2.46. The minimum Gasteiger partial charge on any atom is -0.460 e. The van der Waals surface area contributed by atoms with Crippen LogP contribution in [0.25, 0.3) is 0 Å². The molecular weight excluding hydrogens is 288 g/mol. The first kappa shape index (κ1) is 19.9. The zero-order valence-electron chi connectivity index (χ0n) is 13.9. The number of nitrogens with one attached hydrogen (secondary N) is 1. The third kappa shape index (κ3) is 8.28. The van der Waals surface area contributed by atoms with E-state index >= 15 is 0 Å². The fourth-order valence-electron chi connectivity index (χ4n) is 1.66. The van der Waals surface area contributed by atoms with Gasteiger partial charge in [0.25, 0.3) is 0 Å². The Hall–Kier alpha value is -2.05. The zero-order valence-corrected chi connectivity index (χ0v) is 13.9. The molecule has 2 amide bonds. The SMILES string of the molecule is CCNC(=O)N(CC)[C@@H](C)COC(=O)/C=C/C(=O)OC(C)C. The molecule has 0 aliphatic rings. The van der Waals surface area contributed by atoms with E-state index in [4.69, 9.17) is 9.47 Å². The summed E-state index contributed by atoms with van der Waals surface area (Å²) in [6.45, 7) is 9.96. The standard InChI is InChI=1S/C15H26N2O5/c1-6-16-15(20)17(7-2)12(5)10-21-13(18)8-9-14(19)22-11(3)4/h8-9,11-12H,6-7,10H2,1-5H3,(H,16,20)/b9-8+/t12-/m0/s1. The van der Waals surface area contributed by atoms with Crippen molar-refractivity contribution in [2.45, 2.75) is 46.8 Å². The summed E-state index contributed by atoms with van der Waals surface area (Å²) in [4.78, 5) is 36.1. The first-order valence-corrected chi connectivity index (χ1v) is 7.41. The lowest BCUT2D eigenvalue weighted by atomic mass is 10.3. The Kier molecular flexibility index (Phi) is 9.65. The second kappa shape index (κ2) is 10.6. The number of nitrogens with zero attached hydrogens (tertiary/aromatic N) is 1. The number of urea groups is 1. The van der Waals surface area contributed by atoms with Crippen LogP contribution in [0.2, 0.25) is 0 Å². The maximum atomic E-state index is 11.8. The Morgan fingerprint density at radius 3 is 2.18 bits per heavy atom. The summed E-state index contributed by atoms with van der Waals surface area (Å²) < 4.78 is 9.86. The predicted molar refractivity (Wildman–Crippen MR) is 82.2 cm³/mol. The number of likely N-dealkylation sites (N-methyl/N-ethyl adjacent to an activating group) is 1. The fourth-order valence-corrected chi connectivity index (χ4v) is 1.66. The molecule has 0 aliphatic carbocycles. The van der Waals surface area contributed by atoms with Crippen LogP contribution in [-0.4, -0.2) is 54.7 Å². The van der Waals surface area contributed by atoms with Gasteiger partial charge in [0.1, 0.15) is 6.61 Å². The van der Waals surface area contributed by atoms with Crippen LogP contribution in [0, 0.1) is 0 Å². The summed E-state index contributed by atoms with van der Waals surface area (Å²) in [5.74, 6) is -1.25. The number of carbonyl (C=O) groups excluding carboxylic acids is 3. The molecule has 22 heavy (non-hydrogen) atoms. The smallest absolute Gasteiger partial charge is 0.331 e. The summed E-state index contributed by atoms with van der Waals surface area (Å²) in [7, 11) is 0. The van der Waals surface area contributed by atoms with Gasteiger partial charge in [0.05, 0.1) is 12.1 Å². The molecule has 0 bridgehead atoms. The van der Waals surface area contributed by atoms with Crippen LogP contribution in [0.4, 0.5) is 4.79 Å². The van der Waals surface area contributed by atoms with E-state index in [-0.39, 0.29) is 24.8 Å². The van der Waals surface area contributed by atoms with Gasteiger partial charge in [0, 0.05) is 25.2 Å². The first-order chi connectivity index (χ1) is 10.3. The second-order valence-corrected chi connectivity index (χ2v) is 4.92. The van der Waals surface area contributed by atoms with Crippen LogP contribution < -0.4 is 5.32 Å². The lowest BCUT2D eigenvalue weighted by Gasteiger charge is -2.27. The highest BCUT2D eigenvalue weighted by molar-refractivity contribution is 5.91. The van der Waals surface area contributed by atoms with Crippen LogP contribution in [-0.2, 0) is 19.1 Å². The summed E-state index contributed by atoms with van der Waals surface area (Å²) in [5, 5.41) is 2.69. The number of rotatable bonds is 8. The average Bonchev–Trinajstić information content (AvgIpc) is 2.43. The molecule has 0 aromatic carbocycles. The number of ether oxygens (including phenoxy) is 2. The highest BCUT2D eigenvalue weighted by atomic mass is 16.5. The number of hydrogen-bond donors (Lipinski definition) is 1. The molecule has 1 atom stereocenters. The van der Waals surface area contributed by atoms with Crippen molar-refractivity contribution in [3.8, 4) is 0 Å². The molecule has 0 unspecified atom stereocenters. The van der Waals surface area contributed by atoms with Crippen molar-refractivity contribution < 1.29 is 23.9 Å². The van der Waals surface area contributed by atoms with E-state index in [1.54, 1.807) is 25.7 Å². The molecule has 7 nitrogen and oxygen atoms in total. The lowest BCUT2D eigenvalue weighted by molar-refractivity contribution is -0.143. The first-order valence-electron chi connectivity index (χ1n) is 7.41. The molecule has 0 fully saturated rings. The molecule has 0 aromatic heterocycles. The van der Waals surface area contributed by atoms with Crippen molar-refractivity contribution in [1.82, 2.24) is 10.2 Å². The van der Waals surface area contributed by atoms with E-state index in [1.807, 2.05) is 13.8 Å². The fraction of sp³-hybridized carbons (Fsp3) is 0.667. The van der Waals surface area contributed by atoms with Crippen LogP contribution in [0.3, 0.4) is 0 Å². The Bertz CT molecular complexity index is 407. The molecule has 0 aromatic rings. The van der Waals surface area contributed by atoms with Gasteiger partial charge in [-0.2, -0.15) is 0 Å². The summed E-state index contributed by atoms with van der Waals surface area (Å²) in [5.41, 5.74) is 0. The monoisotopic (exact) mass is 314 g/mol. The summed E-state index contributed by atoms with van der Waals surface area (Å²) in [6.07, 6.45) is 1.79. The van der Waals surface area contributed by atoms with Gasteiger partial charge in [-0.25, -0.2) is 14.4 Å². The average molecular weight is 314 g/mol. The van der Waals surface area contributed by atoms with Crippen molar-refractivity contribution in [3.63, 3.8) is 0 Å². The zero-order chi connectivity index (χ0) is 17.1. The van der Waals surface area contributed by atoms with Gasteiger partial charge in [-0.1, -0.05) is 0 Å². The van der Waals surface area contributed by atoms with E-state index < -0.39 is 11.9 Å². The maximum absolute atomic E-state index is 11.8. The molecule has 0 radical (unpaired) electrons. The maximum Gasteiger partial charge on any atom is 0.331 e. The number of esters is 2. The van der Waals surface area contributed by atoms with Gasteiger partial charge in [0.2, 0.25) is 0 Å². The predicted octanol–water partition coefficient (Wildman–Crippen LogP) is 1.48. The van der Waals surface area contributed by atoms with Crippen molar-refractivity contribution in [1.29, 1.82) is 0 Å². The Morgan fingerprint density at radius 1 is 1.09 bits per heavy atom. The minimum absolute atomic E-state index is 0.0490. The van der Waals surface area contributed by atoms with E-state index in [1.165, 1.54) is 0 Å². The molecule has 0 aliphatic heterocycles. The van der Waals surface area contributed by atoms with Crippen molar-refractivity contribution in [2.24, 2.45) is 0 Å². The molecule has 126 valence electrons. The van der Waals surface area contributed by atoms with E-state index in [0.29, 0.717) is 13.1 Å². The molecule has 0 saturated heterocycles.